The molecule has 2 aromatic heterocycles. The van der Waals surface area contributed by atoms with Crippen molar-refractivity contribution in [3.8, 4) is 28.7 Å². The van der Waals surface area contributed by atoms with Crippen LogP contribution in [0.3, 0.4) is 0 Å². The van der Waals surface area contributed by atoms with Crippen LogP contribution in [0.4, 0.5) is 5.69 Å². The summed E-state index contributed by atoms with van der Waals surface area (Å²) in [5.41, 5.74) is 7.09. The average Bonchev–Trinajstić information content (AvgIpc) is 3.09. The molecule has 1 unspecified atom stereocenters. The third-order valence-electron chi connectivity index (χ3n) is 7.71. The van der Waals surface area contributed by atoms with Crippen molar-refractivity contribution in [2.24, 2.45) is 0 Å². The van der Waals surface area contributed by atoms with E-state index in [-0.39, 0.29) is 17.2 Å². The van der Waals surface area contributed by atoms with Gasteiger partial charge in [-0.15, -0.1) is 5.92 Å². The first-order chi connectivity index (χ1) is 18.8. The van der Waals surface area contributed by atoms with Crippen LogP contribution in [0.2, 0.25) is 0 Å². The van der Waals surface area contributed by atoms with Gasteiger partial charge < -0.3 is 9.64 Å². The lowest BCUT2D eigenvalue weighted by molar-refractivity contribution is -0.118. The molecule has 198 valence electrons. The Morgan fingerprint density at radius 1 is 1.05 bits per heavy atom. The van der Waals surface area contributed by atoms with E-state index in [1.165, 1.54) is 11.1 Å². The van der Waals surface area contributed by atoms with Crippen molar-refractivity contribution in [3.05, 3.63) is 83.8 Å². The van der Waals surface area contributed by atoms with Gasteiger partial charge in [-0.25, -0.2) is 0 Å². The van der Waals surface area contributed by atoms with Crippen molar-refractivity contribution in [3.63, 3.8) is 0 Å². The molecule has 4 aromatic rings. The van der Waals surface area contributed by atoms with Crippen molar-refractivity contribution in [2.45, 2.75) is 57.8 Å². The molecule has 5 nitrogen and oxygen atoms in total. The summed E-state index contributed by atoms with van der Waals surface area (Å²) < 4.78 is 5.41. The largest absolute Gasteiger partial charge is 0.495 e. The number of amides is 1. The highest BCUT2D eigenvalue weighted by atomic mass is 16.5. The molecule has 1 atom stereocenters. The van der Waals surface area contributed by atoms with Gasteiger partial charge in [0.05, 0.1) is 36.1 Å². The quantitative estimate of drug-likeness (QED) is 0.261. The molecule has 5 rings (SSSR count). The van der Waals surface area contributed by atoms with Gasteiger partial charge in [0.25, 0.3) is 0 Å². The van der Waals surface area contributed by atoms with Crippen LogP contribution in [-0.2, 0) is 10.2 Å². The normalized spacial score (nSPS) is 15.4. The van der Waals surface area contributed by atoms with Gasteiger partial charge in [-0.1, -0.05) is 43.2 Å². The SMILES string of the molecule is CCCC#CC(C)(C)c1ccc(C2CCC(=O)N(C)c3cnc4ccc(-c5cncc(OC)c5)cc4c32)cc1. The molecule has 0 saturated carbocycles. The molecule has 0 aliphatic carbocycles. The highest BCUT2D eigenvalue weighted by molar-refractivity contribution is 6.00. The number of anilines is 1. The third kappa shape index (κ3) is 5.25. The number of carbonyl (C=O) groups excluding carboxylic acids is 1. The zero-order valence-electron chi connectivity index (χ0n) is 23.4. The standard InChI is InChI=1S/C34H35N3O2/c1-6-7-8-17-34(2,3)26-12-9-23(10-13-26)28-14-16-32(38)37(4)31-22-36-30-15-11-24(19-29(30)33(28)31)25-18-27(39-5)21-35-20-25/h9-13,15,18-22,28H,6-7,14,16H2,1-5H3. The van der Waals surface area contributed by atoms with Crippen molar-refractivity contribution in [1.82, 2.24) is 9.97 Å². The zero-order valence-corrected chi connectivity index (χ0v) is 23.4. The number of pyridine rings is 2. The third-order valence-corrected chi connectivity index (χ3v) is 7.71. The van der Waals surface area contributed by atoms with E-state index >= 15 is 0 Å². The molecule has 0 N–H and O–H groups in total. The number of ether oxygens (including phenoxy) is 1. The Labute approximate surface area is 231 Å². The van der Waals surface area contributed by atoms with Gasteiger partial charge in [0, 0.05) is 43.0 Å². The molecule has 5 heteroatoms. The van der Waals surface area contributed by atoms with E-state index in [1.54, 1.807) is 18.2 Å². The van der Waals surface area contributed by atoms with Gasteiger partial charge in [-0.3, -0.25) is 14.8 Å². The second kappa shape index (κ2) is 10.9. The monoisotopic (exact) mass is 517 g/mol. The van der Waals surface area contributed by atoms with E-state index in [1.807, 2.05) is 25.5 Å². The smallest absolute Gasteiger partial charge is 0.226 e. The van der Waals surface area contributed by atoms with Gasteiger partial charge in [-0.2, -0.15) is 0 Å². The van der Waals surface area contributed by atoms with Crippen LogP contribution in [0, 0.1) is 11.8 Å². The first kappa shape index (κ1) is 26.4. The van der Waals surface area contributed by atoms with Crippen LogP contribution >= 0.6 is 0 Å². The Kier molecular flexibility index (Phi) is 7.39. The Bertz CT molecular complexity index is 1580. The van der Waals surface area contributed by atoms with Crippen LogP contribution in [0.15, 0.2) is 67.1 Å². The molecular formula is C34H35N3O2. The van der Waals surface area contributed by atoms with Gasteiger partial charge in [0.1, 0.15) is 5.75 Å². The summed E-state index contributed by atoms with van der Waals surface area (Å²) in [4.78, 5) is 23.9. The second-order valence-corrected chi connectivity index (χ2v) is 10.7. The number of methoxy groups -OCH3 is 1. The number of aromatic nitrogens is 2. The molecule has 0 bridgehead atoms. The lowest BCUT2D eigenvalue weighted by Crippen LogP contribution is -2.25. The number of fused-ring (bicyclic) bond motifs is 3. The molecule has 1 aliphatic rings. The molecule has 3 heterocycles. The number of nitrogens with zero attached hydrogens (tertiary/aromatic N) is 3. The molecular weight excluding hydrogens is 482 g/mol. The molecule has 0 fully saturated rings. The number of hydrogen-bond acceptors (Lipinski definition) is 4. The maximum absolute atomic E-state index is 13.0. The Balaban J connectivity index is 1.64. The van der Waals surface area contributed by atoms with Crippen molar-refractivity contribution in [1.29, 1.82) is 0 Å². The summed E-state index contributed by atoms with van der Waals surface area (Å²) in [5.74, 6) is 7.64. The minimum atomic E-state index is -0.221. The summed E-state index contributed by atoms with van der Waals surface area (Å²) in [5, 5.41) is 1.05. The van der Waals surface area contributed by atoms with Crippen LogP contribution in [0.1, 0.15) is 69.1 Å². The summed E-state index contributed by atoms with van der Waals surface area (Å²) in [6.45, 7) is 6.50. The Morgan fingerprint density at radius 3 is 2.59 bits per heavy atom. The van der Waals surface area contributed by atoms with Crippen molar-refractivity contribution < 1.29 is 9.53 Å². The highest BCUT2D eigenvalue weighted by Crippen LogP contribution is 2.43. The van der Waals surface area contributed by atoms with Crippen LogP contribution in [0.25, 0.3) is 22.0 Å². The summed E-state index contributed by atoms with van der Waals surface area (Å²) in [7, 11) is 3.50. The summed E-state index contributed by atoms with van der Waals surface area (Å²) in [6, 6.07) is 17.1. The van der Waals surface area contributed by atoms with Crippen molar-refractivity contribution in [2.75, 3.05) is 19.1 Å². The maximum atomic E-state index is 13.0. The maximum Gasteiger partial charge on any atom is 0.226 e. The lowest BCUT2D eigenvalue weighted by atomic mass is 9.81. The fourth-order valence-electron chi connectivity index (χ4n) is 5.36. The van der Waals surface area contributed by atoms with Crippen LogP contribution in [0.5, 0.6) is 5.75 Å². The van der Waals surface area contributed by atoms with E-state index in [4.69, 9.17) is 9.72 Å². The number of carbonyl (C=O) groups is 1. The van der Waals surface area contributed by atoms with Crippen LogP contribution in [-0.4, -0.2) is 30.0 Å². The molecule has 0 radical (unpaired) electrons. The van der Waals surface area contributed by atoms with E-state index in [2.05, 4.69) is 80.1 Å². The van der Waals surface area contributed by atoms with Gasteiger partial charge in [0.15, 0.2) is 0 Å². The summed E-state index contributed by atoms with van der Waals surface area (Å²) >= 11 is 0. The topological polar surface area (TPSA) is 55.3 Å². The minimum Gasteiger partial charge on any atom is -0.495 e. The highest BCUT2D eigenvalue weighted by Gasteiger charge is 2.30. The van der Waals surface area contributed by atoms with Crippen LogP contribution < -0.4 is 9.64 Å². The molecule has 0 saturated heterocycles. The summed E-state index contributed by atoms with van der Waals surface area (Å²) in [6.07, 6.45) is 8.59. The zero-order chi connectivity index (χ0) is 27.6. The van der Waals surface area contributed by atoms with E-state index in [0.717, 1.165) is 52.5 Å². The molecule has 1 amide bonds. The predicted octanol–water partition coefficient (Wildman–Crippen LogP) is 7.28. The number of unbranched alkanes of at least 4 members (excludes halogenated alkanes) is 1. The van der Waals surface area contributed by atoms with E-state index in [0.29, 0.717) is 12.2 Å². The fraction of sp³-hybridized carbons (Fsp3) is 0.324. The molecule has 0 spiro atoms. The molecule has 1 aliphatic heterocycles. The van der Waals surface area contributed by atoms with E-state index < -0.39 is 0 Å². The van der Waals surface area contributed by atoms with E-state index in [9.17, 15) is 4.79 Å². The Morgan fingerprint density at radius 2 is 1.85 bits per heavy atom. The first-order valence-corrected chi connectivity index (χ1v) is 13.6. The fourth-order valence-corrected chi connectivity index (χ4v) is 5.36. The van der Waals surface area contributed by atoms with Gasteiger partial charge in [0.2, 0.25) is 5.91 Å². The predicted molar refractivity (Wildman–Crippen MR) is 158 cm³/mol. The van der Waals surface area contributed by atoms with Crippen molar-refractivity contribution >= 4 is 22.5 Å². The van der Waals surface area contributed by atoms with Gasteiger partial charge in [-0.05, 0) is 67.1 Å². The number of rotatable bonds is 5. The molecule has 39 heavy (non-hydrogen) atoms. The molecule has 2 aromatic carbocycles. The number of hydrogen-bond donors (Lipinski definition) is 0. The number of benzene rings is 2. The van der Waals surface area contributed by atoms with Gasteiger partial charge >= 0.3 is 0 Å². The lowest BCUT2D eigenvalue weighted by Gasteiger charge is -2.24. The Hall–Kier alpha value is -4.17. The average molecular weight is 518 g/mol. The first-order valence-electron chi connectivity index (χ1n) is 13.6. The minimum absolute atomic E-state index is 0.0569. The second-order valence-electron chi connectivity index (χ2n) is 10.7.